The van der Waals surface area contributed by atoms with E-state index in [4.69, 9.17) is 4.74 Å². The van der Waals surface area contributed by atoms with Crippen LogP contribution in [-0.4, -0.2) is 26.5 Å². The van der Waals surface area contributed by atoms with E-state index in [2.05, 4.69) is 15.4 Å². The topological polar surface area (TPSA) is 69.0 Å². The highest BCUT2D eigenvalue weighted by atomic mass is 16.6. The van der Waals surface area contributed by atoms with Crippen LogP contribution in [0.15, 0.2) is 73.1 Å². The first-order chi connectivity index (χ1) is 13.9. The van der Waals surface area contributed by atoms with Gasteiger partial charge in [-0.3, -0.25) is 4.98 Å². The molecule has 6 heteroatoms. The van der Waals surface area contributed by atoms with Crippen LogP contribution in [0.2, 0.25) is 0 Å². The zero-order valence-electron chi connectivity index (χ0n) is 16.6. The summed E-state index contributed by atoms with van der Waals surface area (Å²) < 4.78 is 6.90. The van der Waals surface area contributed by atoms with E-state index in [1.54, 1.807) is 12.4 Å². The molecule has 0 amide bonds. The van der Waals surface area contributed by atoms with Crippen molar-refractivity contribution < 1.29 is 9.53 Å². The van der Waals surface area contributed by atoms with Crippen molar-refractivity contribution in [2.75, 3.05) is 5.32 Å². The second-order valence-electron chi connectivity index (χ2n) is 7.71. The first kappa shape index (κ1) is 18.7. The zero-order valence-corrected chi connectivity index (χ0v) is 16.6. The molecule has 29 heavy (non-hydrogen) atoms. The van der Waals surface area contributed by atoms with E-state index < -0.39 is 11.7 Å². The molecule has 2 aromatic heterocycles. The normalized spacial score (nSPS) is 11.4. The number of nitrogens with one attached hydrogen (secondary N) is 1. The minimum Gasteiger partial charge on any atom is -0.442 e. The molecule has 0 spiro atoms. The number of ether oxygens (including phenoxy) is 1. The predicted octanol–water partition coefficient (Wildman–Crippen LogP) is 5.63. The number of rotatable bonds is 3. The fraction of sp³-hybridized carbons (Fsp3) is 0.174. The number of benzene rings is 2. The monoisotopic (exact) mass is 386 g/mol. The number of hydrogen-bond acceptors (Lipinski definition) is 5. The third-order valence-electron chi connectivity index (χ3n) is 4.24. The molecule has 4 aromatic rings. The highest BCUT2D eigenvalue weighted by Crippen LogP contribution is 2.31. The van der Waals surface area contributed by atoms with Gasteiger partial charge < -0.3 is 10.1 Å². The lowest BCUT2D eigenvalue weighted by atomic mass is 10.1. The minimum absolute atomic E-state index is 0.511. The molecule has 0 atom stereocenters. The first-order valence-corrected chi connectivity index (χ1v) is 9.39. The van der Waals surface area contributed by atoms with E-state index >= 15 is 0 Å². The maximum atomic E-state index is 12.8. The summed E-state index contributed by atoms with van der Waals surface area (Å²) in [4.78, 5) is 17.0. The summed E-state index contributed by atoms with van der Waals surface area (Å²) in [5.41, 5.74) is 3.42. The number of aromatic nitrogens is 3. The Hall–Kier alpha value is -3.67. The van der Waals surface area contributed by atoms with Crippen LogP contribution in [0.25, 0.3) is 22.2 Å². The smallest absolute Gasteiger partial charge is 0.435 e. The Morgan fingerprint density at radius 2 is 1.79 bits per heavy atom. The van der Waals surface area contributed by atoms with Crippen LogP contribution in [0, 0.1) is 0 Å². The molecule has 0 bridgehead atoms. The number of carbonyl (C=O) groups is 1. The molecule has 0 aliphatic rings. The van der Waals surface area contributed by atoms with Gasteiger partial charge in [0.2, 0.25) is 0 Å². The van der Waals surface area contributed by atoms with Gasteiger partial charge in [-0.2, -0.15) is 9.78 Å². The third-order valence-corrected chi connectivity index (χ3v) is 4.24. The van der Waals surface area contributed by atoms with Crippen LogP contribution in [0.3, 0.4) is 0 Å². The molecule has 1 N–H and O–H groups in total. The van der Waals surface area contributed by atoms with Crippen molar-refractivity contribution in [3.8, 4) is 11.3 Å². The minimum atomic E-state index is -0.617. The van der Waals surface area contributed by atoms with Gasteiger partial charge in [0, 0.05) is 22.8 Å². The van der Waals surface area contributed by atoms with Gasteiger partial charge in [-0.15, -0.1) is 0 Å². The number of nitrogens with zero attached hydrogens (tertiary/aromatic N) is 3. The highest BCUT2D eigenvalue weighted by Gasteiger charge is 2.23. The molecule has 0 aliphatic carbocycles. The Labute approximate surface area is 169 Å². The van der Waals surface area contributed by atoms with Crippen molar-refractivity contribution in [1.29, 1.82) is 0 Å². The number of fused-ring (bicyclic) bond motifs is 1. The van der Waals surface area contributed by atoms with E-state index in [0.29, 0.717) is 5.52 Å². The first-order valence-electron chi connectivity index (χ1n) is 9.39. The highest BCUT2D eigenvalue weighted by molar-refractivity contribution is 5.99. The lowest BCUT2D eigenvalue weighted by Crippen LogP contribution is -2.27. The van der Waals surface area contributed by atoms with Gasteiger partial charge in [0.05, 0.1) is 17.4 Å². The quantitative estimate of drug-likeness (QED) is 0.494. The summed E-state index contributed by atoms with van der Waals surface area (Å²) in [7, 11) is 0. The van der Waals surface area contributed by atoms with Gasteiger partial charge in [0.15, 0.2) is 0 Å². The van der Waals surface area contributed by atoms with Gasteiger partial charge in [-0.25, -0.2) is 4.79 Å². The lowest BCUT2D eigenvalue weighted by Gasteiger charge is -2.19. The molecule has 6 nitrogen and oxygen atoms in total. The Morgan fingerprint density at radius 1 is 1.00 bits per heavy atom. The summed E-state index contributed by atoms with van der Waals surface area (Å²) in [6, 6.07) is 19.4. The summed E-state index contributed by atoms with van der Waals surface area (Å²) >= 11 is 0. The molecule has 0 saturated carbocycles. The largest absolute Gasteiger partial charge is 0.442 e. The average Bonchev–Trinajstić information content (AvgIpc) is 3.07. The standard InChI is InChI=1S/C23H22N4O2/c1-23(2,3)29-22(28)27-20-14-17(25-18-10-7-13-24-15-18)11-12-19(20)21(26-27)16-8-5-4-6-9-16/h4-15,25H,1-3H3. The molecule has 146 valence electrons. The van der Waals surface area contributed by atoms with Crippen molar-refractivity contribution in [3.63, 3.8) is 0 Å². The van der Waals surface area contributed by atoms with Crippen LogP contribution in [0.1, 0.15) is 20.8 Å². The molecule has 0 saturated heterocycles. The van der Waals surface area contributed by atoms with Crippen LogP contribution in [0.5, 0.6) is 0 Å². The number of pyridine rings is 1. The van der Waals surface area contributed by atoms with Crippen LogP contribution < -0.4 is 5.32 Å². The van der Waals surface area contributed by atoms with Gasteiger partial charge in [-0.1, -0.05) is 30.3 Å². The van der Waals surface area contributed by atoms with Gasteiger partial charge in [-0.05, 0) is 51.1 Å². The van der Waals surface area contributed by atoms with E-state index in [-0.39, 0.29) is 0 Å². The van der Waals surface area contributed by atoms with Crippen molar-refractivity contribution in [1.82, 2.24) is 14.8 Å². The van der Waals surface area contributed by atoms with Gasteiger partial charge >= 0.3 is 6.09 Å². The average molecular weight is 386 g/mol. The molecule has 2 aromatic carbocycles. The molecule has 0 radical (unpaired) electrons. The predicted molar refractivity (Wildman–Crippen MR) is 114 cm³/mol. The SMILES string of the molecule is CC(C)(C)OC(=O)n1nc(-c2ccccc2)c2ccc(Nc3cccnc3)cc21. The van der Waals surface area contributed by atoms with Crippen molar-refractivity contribution in [3.05, 3.63) is 73.1 Å². The number of anilines is 2. The van der Waals surface area contributed by atoms with Crippen molar-refractivity contribution in [2.45, 2.75) is 26.4 Å². The van der Waals surface area contributed by atoms with E-state index in [1.807, 2.05) is 81.4 Å². The van der Waals surface area contributed by atoms with Crippen LogP contribution in [-0.2, 0) is 4.74 Å². The summed E-state index contributed by atoms with van der Waals surface area (Å²) in [6.07, 6.45) is 2.95. The van der Waals surface area contributed by atoms with Crippen LogP contribution >= 0.6 is 0 Å². The molecule has 2 heterocycles. The number of carbonyl (C=O) groups excluding carboxylic acids is 1. The molecular weight excluding hydrogens is 364 g/mol. The summed E-state index contributed by atoms with van der Waals surface area (Å²) in [5.74, 6) is 0. The zero-order chi connectivity index (χ0) is 20.4. The lowest BCUT2D eigenvalue weighted by molar-refractivity contribution is 0.0523. The van der Waals surface area contributed by atoms with Crippen molar-refractivity contribution >= 4 is 28.4 Å². The van der Waals surface area contributed by atoms with Gasteiger partial charge in [0.25, 0.3) is 0 Å². The second kappa shape index (κ2) is 7.39. The van der Waals surface area contributed by atoms with E-state index in [1.165, 1.54) is 4.68 Å². The van der Waals surface area contributed by atoms with Gasteiger partial charge in [0.1, 0.15) is 11.3 Å². The van der Waals surface area contributed by atoms with Crippen LogP contribution in [0.4, 0.5) is 16.2 Å². The fourth-order valence-corrected chi connectivity index (χ4v) is 3.05. The maximum absolute atomic E-state index is 12.8. The van der Waals surface area contributed by atoms with Crippen molar-refractivity contribution in [2.24, 2.45) is 0 Å². The Morgan fingerprint density at radius 3 is 2.48 bits per heavy atom. The third kappa shape index (κ3) is 4.11. The molecule has 0 fully saturated rings. The number of hydrogen-bond donors (Lipinski definition) is 1. The molecule has 4 rings (SSSR count). The molecule has 0 aliphatic heterocycles. The summed E-state index contributed by atoms with van der Waals surface area (Å²) in [6.45, 7) is 5.51. The van der Waals surface area contributed by atoms with E-state index in [9.17, 15) is 4.79 Å². The fourth-order valence-electron chi connectivity index (χ4n) is 3.05. The molecule has 0 unspecified atom stereocenters. The Bertz CT molecular complexity index is 1150. The Balaban J connectivity index is 1.82. The maximum Gasteiger partial charge on any atom is 0.435 e. The molecular formula is C23H22N4O2. The second-order valence-corrected chi connectivity index (χ2v) is 7.71. The van der Waals surface area contributed by atoms with E-state index in [0.717, 1.165) is 28.0 Å². The Kier molecular flexibility index (Phi) is 4.76. The summed E-state index contributed by atoms with van der Waals surface area (Å²) in [5, 5.41) is 8.77.